The Balaban J connectivity index is 0.00000162. The standard InChI is InChI=1S/C13H24N2O2.ClH/c14-8-10-4-3-6-12(10)13(16)15-9-11-5-1-2-7-17-11;/h10-12H,1-9,14H2,(H,15,16);1H/t10-,11?,12-;/m1./s1. The highest BCUT2D eigenvalue weighted by atomic mass is 35.5. The lowest BCUT2D eigenvalue weighted by Gasteiger charge is -2.24. The Kier molecular flexibility index (Phi) is 6.97. The van der Waals surface area contributed by atoms with Crippen molar-refractivity contribution in [2.24, 2.45) is 17.6 Å². The van der Waals surface area contributed by atoms with Gasteiger partial charge >= 0.3 is 0 Å². The van der Waals surface area contributed by atoms with Gasteiger partial charge < -0.3 is 15.8 Å². The van der Waals surface area contributed by atoms with Crippen molar-refractivity contribution in [2.75, 3.05) is 19.7 Å². The van der Waals surface area contributed by atoms with E-state index in [9.17, 15) is 4.79 Å². The summed E-state index contributed by atoms with van der Waals surface area (Å²) in [7, 11) is 0. The average molecular weight is 277 g/mol. The van der Waals surface area contributed by atoms with Crippen LogP contribution in [-0.4, -0.2) is 31.7 Å². The summed E-state index contributed by atoms with van der Waals surface area (Å²) < 4.78 is 5.60. The van der Waals surface area contributed by atoms with Gasteiger partial charge in [0.2, 0.25) is 5.91 Å². The van der Waals surface area contributed by atoms with Crippen molar-refractivity contribution in [3.8, 4) is 0 Å². The number of hydrogen-bond donors (Lipinski definition) is 2. The summed E-state index contributed by atoms with van der Waals surface area (Å²) in [4.78, 5) is 12.0. The molecule has 0 radical (unpaired) electrons. The molecule has 1 aliphatic heterocycles. The van der Waals surface area contributed by atoms with Gasteiger partial charge in [-0.15, -0.1) is 12.4 Å². The molecule has 1 unspecified atom stereocenters. The van der Waals surface area contributed by atoms with E-state index in [0.29, 0.717) is 19.0 Å². The van der Waals surface area contributed by atoms with E-state index in [1.54, 1.807) is 0 Å². The van der Waals surface area contributed by atoms with E-state index >= 15 is 0 Å². The van der Waals surface area contributed by atoms with Gasteiger partial charge in [0.05, 0.1) is 6.10 Å². The molecule has 3 N–H and O–H groups in total. The maximum atomic E-state index is 12.0. The molecule has 1 aliphatic carbocycles. The predicted octanol–water partition coefficient (Wildman–Crippen LogP) is 1.47. The maximum absolute atomic E-state index is 12.0. The number of nitrogens with one attached hydrogen (secondary N) is 1. The second kappa shape index (κ2) is 7.97. The zero-order valence-corrected chi connectivity index (χ0v) is 11.7. The van der Waals surface area contributed by atoms with Crippen LogP contribution >= 0.6 is 12.4 Å². The summed E-state index contributed by atoms with van der Waals surface area (Å²) in [6.45, 7) is 2.15. The van der Waals surface area contributed by atoms with Crippen molar-refractivity contribution in [3.63, 3.8) is 0 Å². The molecule has 4 nitrogen and oxygen atoms in total. The van der Waals surface area contributed by atoms with E-state index < -0.39 is 0 Å². The highest BCUT2D eigenvalue weighted by molar-refractivity contribution is 5.85. The third kappa shape index (κ3) is 4.11. The third-order valence-electron chi connectivity index (χ3n) is 4.08. The first kappa shape index (κ1) is 15.7. The number of ether oxygens (including phenoxy) is 1. The van der Waals surface area contributed by atoms with Crippen LogP contribution in [-0.2, 0) is 9.53 Å². The number of carbonyl (C=O) groups is 1. The summed E-state index contributed by atoms with van der Waals surface area (Å²) in [5.74, 6) is 0.720. The Morgan fingerprint density at radius 3 is 2.72 bits per heavy atom. The van der Waals surface area contributed by atoms with Gasteiger partial charge in [0.25, 0.3) is 0 Å². The van der Waals surface area contributed by atoms with Crippen LogP contribution in [0.25, 0.3) is 0 Å². The molecule has 18 heavy (non-hydrogen) atoms. The van der Waals surface area contributed by atoms with Crippen LogP contribution in [0.5, 0.6) is 0 Å². The maximum Gasteiger partial charge on any atom is 0.223 e. The van der Waals surface area contributed by atoms with Crippen LogP contribution in [0, 0.1) is 11.8 Å². The molecule has 0 bridgehead atoms. The van der Waals surface area contributed by atoms with Crippen molar-refractivity contribution < 1.29 is 9.53 Å². The quantitative estimate of drug-likeness (QED) is 0.817. The Labute approximate surface area is 115 Å². The van der Waals surface area contributed by atoms with E-state index in [0.717, 1.165) is 38.7 Å². The molecule has 1 saturated heterocycles. The van der Waals surface area contributed by atoms with Crippen molar-refractivity contribution >= 4 is 18.3 Å². The first-order chi connectivity index (χ1) is 8.31. The van der Waals surface area contributed by atoms with Crippen LogP contribution in [0.4, 0.5) is 0 Å². The lowest BCUT2D eigenvalue weighted by molar-refractivity contribution is -0.126. The molecule has 0 aromatic heterocycles. The number of amides is 1. The van der Waals surface area contributed by atoms with Gasteiger partial charge in [0.15, 0.2) is 0 Å². The molecule has 0 aromatic rings. The second-order valence-corrected chi connectivity index (χ2v) is 5.27. The first-order valence-corrected chi connectivity index (χ1v) is 6.90. The lowest BCUT2D eigenvalue weighted by atomic mass is 9.95. The minimum absolute atomic E-state index is 0. The molecular formula is C13H25ClN2O2. The molecule has 1 heterocycles. The minimum atomic E-state index is 0. The highest BCUT2D eigenvalue weighted by Crippen LogP contribution is 2.30. The highest BCUT2D eigenvalue weighted by Gasteiger charge is 2.32. The smallest absolute Gasteiger partial charge is 0.223 e. The Hall–Kier alpha value is -0.320. The van der Waals surface area contributed by atoms with Gasteiger partial charge in [-0.3, -0.25) is 4.79 Å². The largest absolute Gasteiger partial charge is 0.376 e. The molecule has 2 fully saturated rings. The van der Waals surface area contributed by atoms with Gasteiger partial charge in [-0.1, -0.05) is 6.42 Å². The van der Waals surface area contributed by atoms with E-state index in [4.69, 9.17) is 10.5 Å². The fourth-order valence-electron chi connectivity index (χ4n) is 2.98. The molecule has 1 saturated carbocycles. The van der Waals surface area contributed by atoms with E-state index in [1.807, 2.05) is 0 Å². The number of rotatable bonds is 4. The number of halogens is 1. The predicted molar refractivity (Wildman–Crippen MR) is 73.7 cm³/mol. The SMILES string of the molecule is Cl.NC[C@H]1CCC[C@H]1C(=O)NCC1CCCCO1. The molecule has 1 amide bonds. The summed E-state index contributed by atoms with van der Waals surface area (Å²) in [6, 6.07) is 0. The van der Waals surface area contributed by atoms with Gasteiger partial charge in [-0.05, 0) is 44.6 Å². The number of hydrogen-bond acceptors (Lipinski definition) is 3. The van der Waals surface area contributed by atoms with Crippen molar-refractivity contribution in [1.82, 2.24) is 5.32 Å². The van der Waals surface area contributed by atoms with Crippen LogP contribution < -0.4 is 11.1 Å². The molecular weight excluding hydrogens is 252 g/mol. The van der Waals surface area contributed by atoms with E-state index in [2.05, 4.69) is 5.32 Å². The van der Waals surface area contributed by atoms with Gasteiger partial charge in [-0.25, -0.2) is 0 Å². The molecule has 2 aliphatic rings. The number of nitrogens with two attached hydrogens (primary N) is 1. The van der Waals surface area contributed by atoms with E-state index in [1.165, 1.54) is 6.42 Å². The zero-order chi connectivity index (χ0) is 12.1. The molecule has 0 aromatic carbocycles. The van der Waals surface area contributed by atoms with E-state index in [-0.39, 0.29) is 30.3 Å². The van der Waals surface area contributed by atoms with Gasteiger partial charge in [0, 0.05) is 19.1 Å². The van der Waals surface area contributed by atoms with Crippen molar-refractivity contribution in [3.05, 3.63) is 0 Å². The van der Waals surface area contributed by atoms with Crippen LogP contribution in [0.3, 0.4) is 0 Å². The summed E-state index contributed by atoms with van der Waals surface area (Å²) in [5, 5.41) is 3.04. The summed E-state index contributed by atoms with van der Waals surface area (Å²) in [6.07, 6.45) is 6.92. The molecule has 5 heteroatoms. The molecule has 3 atom stereocenters. The Morgan fingerprint density at radius 1 is 1.22 bits per heavy atom. The van der Waals surface area contributed by atoms with Crippen LogP contribution in [0.2, 0.25) is 0 Å². The number of carbonyl (C=O) groups excluding carboxylic acids is 1. The second-order valence-electron chi connectivity index (χ2n) is 5.27. The zero-order valence-electron chi connectivity index (χ0n) is 10.9. The third-order valence-corrected chi connectivity index (χ3v) is 4.08. The first-order valence-electron chi connectivity index (χ1n) is 6.90. The summed E-state index contributed by atoms with van der Waals surface area (Å²) in [5.41, 5.74) is 5.70. The lowest BCUT2D eigenvalue weighted by Crippen LogP contribution is -2.40. The normalized spacial score (nSPS) is 31.7. The fraction of sp³-hybridized carbons (Fsp3) is 0.923. The van der Waals surface area contributed by atoms with Crippen molar-refractivity contribution in [2.45, 2.75) is 44.6 Å². The minimum Gasteiger partial charge on any atom is -0.376 e. The van der Waals surface area contributed by atoms with Gasteiger partial charge in [0.1, 0.15) is 0 Å². The average Bonchev–Trinajstić information content (AvgIpc) is 2.85. The van der Waals surface area contributed by atoms with Crippen LogP contribution in [0.1, 0.15) is 38.5 Å². The molecule has 0 spiro atoms. The summed E-state index contributed by atoms with van der Waals surface area (Å²) >= 11 is 0. The van der Waals surface area contributed by atoms with Crippen molar-refractivity contribution in [1.29, 1.82) is 0 Å². The molecule has 106 valence electrons. The Morgan fingerprint density at radius 2 is 2.06 bits per heavy atom. The molecule has 2 rings (SSSR count). The Bertz CT molecular complexity index is 257. The monoisotopic (exact) mass is 276 g/mol. The van der Waals surface area contributed by atoms with Crippen LogP contribution in [0.15, 0.2) is 0 Å². The fourth-order valence-corrected chi connectivity index (χ4v) is 2.98. The van der Waals surface area contributed by atoms with Gasteiger partial charge in [-0.2, -0.15) is 0 Å². The topological polar surface area (TPSA) is 64.4 Å².